The van der Waals surface area contributed by atoms with Crippen molar-refractivity contribution in [2.75, 3.05) is 21.3 Å². The summed E-state index contributed by atoms with van der Waals surface area (Å²) < 4.78 is 0. The Morgan fingerprint density at radius 3 is 1.05 bits per heavy atom. The second kappa shape index (κ2) is 177. The summed E-state index contributed by atoms with van der Waals surface area (Å²) in [7, 11) is 3.00. The van der Waals surface area contributed by atoms with E-state index in [0.717, 1.165) is 27.8 Å². The van der Waals surface area contributed by atoms with Gasteiger partial charge in [0.15, 0.2) is 0 Å². The van der Waals surface area contributed by atoms with Crippen LogP contribution in [0.15, 0.2) is 18.2 Å². The molecule has 0 bridgehead atoms. The van der Waals surface area contributed by atoms with Crippen molar-refractivity contribution in [2.24, 2.45) is 0 Å². The Kier molecular flexibility index (Phi) is 840. The predicted molar refractivity (Wildman–Crippen MR) is 92.6 cm³/mol. The molecule has 1 aliphatic rings. The average Bonchev–Trinajstić information content (AvgIpc) is 2.71. The van der Waals surface area contributed by atoms with Gasteiger partial charge in [0, 0.05) is 47.2 Å². The van der Waals surface area contributed by atoms with Gasteiger partial charge < -0.3 is 52.5 Å². The van der Waals surface area contributed by atoms with Gasteiger partial charge in [-0.15, -0.1) is 31.2 Å². The van der Waals surface area contributed by atoms with Crippen LogP contribution in [-0.4, -0.2) is 36.6 Å². The van der Waals surface area contributed by atoms with Crippen LogP contribution in [0.4, 0.5) is 0 Å². The average molecular weight is 488 g/mol. The van der Waals surface area contributed by atoms with E-state index in [0.29, 0.717) is 0 Å². The van der Waals surface area contributed by atoms with Crippen LogP contribution in [0.5, 0.6) is 0 Å². The Hall–Kier alpha value is 0.810. The number of aliphatic hydroxyl groups excluding tert-OH is 3. The minimum atomic E-state index is 0. The molecule has 0 radical (unpaired) electrons. The third kappa shape index (κ3) is 157. The van der Waals surface area contributed by atoms with E-state index in [2.05, 4.69) is 12.2 Å². The summed E-state index contributed by atoms with van der Waals surface area (Å²) in [5, 5.41) is 21.0. The van der Waals surface area contributed by atoms with Crippen molar-refractivity contribution in [3.63, 3.8) is 0 Å². The van der Waals surface area contributed by atoms with Crippen LogP contribution in [0, 0.1) is 43.2 Å². The minimum absolute atomic E-state index is 0. The first-order valence-electron chi connectivity index (χ1n) is 3.06. The number of halogens is 2. The fraction of sp³-hybridized carbons (Fsp3) is 0.308. The Labute approximate surface area is 154 Å². The van der Waals surface area contributed by atoms with Crippen molar-refractivity contribution >= 4 is 24.8 Å². The van der Waals surface area contributed by atoms with Crippen molar-refractivity contribution in [2.45, 2.75) is 6.42 Å². The maximum absolute atomic E-state index is 7.00. The molecule has 3 nitrogen and oxygen atoms in total. The number of hydrogen-bond acceptors (Lipinski definition) is 3. The van der Waals surface area contributed by atoms with Gasteiger partial charge in [0.25, 0.3) is 0 Å². The van der Waals surface area contributed by atoms with Crippen molar-refractivity contribution in [3.05, 3.63) is 61.4 Å². The number of aliphatic hydroxyl groups is 3. The van der Waals surface area contributed by atoms with Gasteiger partial charge in [-0.3, -0.25) is 6.08 Å². The maximum Gasteiger partial charge on any atom is 0.0319 e. The van der Waals surface area contributed by atoms with Gasteiger partial charge in [-0.05, 0) is 0 Å². The molecule has 128 valence electrons. The Bertz CT molecular complexity index is 84.0. The van der Waals surface area contributed by atoms with Crippen LogP contribution in [0.3, 0.4) is 0 Å². The standard InChI is InChI=1S/C5H5.3CH4O.5CH3.2ClH.Hf/c1-2-4-5-3-1;3*1-2;;;;;;;;/h1-3H,4H2;3*2H,1H3;5*1H3;2*1H;/q-1;;;;5*-1;;;. The molecule has 0 atom stereocenters. The van der Waals surface area contributed by atoms with Crippen LogP contribution in [-0.2, 0) is 25.8 Å². The van der Waals surface area contributed by atoms with Gasteiger partial charge in [-0.2, -0.15) is 6.08 Å². The molecule has 19 heavy (non-hydrogen) atoms. The molecule has 0 aliphatic heterocycles. The van der Waals surface area contributed by atoms with E-state index in [1.807, 2.05) is 12.2 Å². The Balaban J connectivity index is -0.00000000474. The second-order valence-electron chi connectivity index (χ2n) is 1.00. The topological polar surface area (TPSA) is 60.7 Å². The fourth-order valence-electron chi connectivity index (χ4n) is 0.340. The van der Waals surface area contributed by atoms with Gasteiger partial charge >= 0.3 is 0 Å². The molecule has 0 saturated heterocycles. The molecule has 0 saturated carbocycles. The van der Waals surface area contributed by atoms with E-state index in [1.165, 1.54) is 0 Å². The van der Waals surface area contributed by atoms with Crippen LogP contribution in [0.1, 0.15) is 6.42 Å². The van der Waals surface area contributed by atoms with E-state index >= 15 is 0 Å². The van der Waals surface area contributed by atoms with Gasteiger partial charge in [0.2, 0.25) is 0 Å². The molecule has 0 heterocycles. The van der Waals surface area contributed by atoms with Crippen LogP contribution in [0.25, 0.3) is 0 Å². The zero-order valence-corrected chi connectivity index (χ0v) is 18.8. The van der Waals surface area contributed by atoms with Crippen LogP contribution in [0.2, 0.25) is 0 Å². The van der Waals surface area contributed by atoms with Gasteiger partial charge in [0.1, 0.15) is 0 Å². The molecular formula is C13H34Cl2HfO3-6. The van der Waals surface area contributed by atoms with Crippen molar-refractivity contribution in [3.8, 4) is 0 Å². The first-order valence-corrected chi connectivity index (χ1v) is 3.06. The number of allylic oxidation sites excluding steroid dienone is 4. The molecule has 0 unspecified atom stereocenters. The molecule has 0 fully saturated rings. The third-order valence-electron chi connectivity index (χ3n) is 0.586. The summed E-state index contributed by atoms with van der Waals surface area (Å²) in [5.74, 6) is 0. The van der Waals surface area contributed by atoms with Crippen LogP contribution >= 0.6 is 24.8 Å². The number of hydrogen-bond donors (Lipinski definition) is 3. The normalized spacial score (nSPS) is 5.58. The van der Waals surface area contributed by atoms with Crippen LogP contribution < -0.4 is 0 Å². The van der Waals surface area contributed by atoms with Crippen molar-refractivity contribution < 1.29 is 41.2 Å². The van der Waals surface area contributed by atoms with Gasteiger partial charge in [-0.1, -0.05) is 0 Å². The summed E-state index contributed by atoms with van der Waals surface area (Å²) in [6.45, 7) is 0. The summed E-state index contributed by atoms with van der Waals surface area (Å²) >= 11 is 0. The first-order chi connectivity index (χ1) is 5.50. The van der Waals surface area contributed by atoms with E-state index < -0.39 is 0 Å². The summed E-state index contributed by atoms with van der Waals surface area (Å²) in [4.78, 5) is 0. The molecule has 0 aromatic carbocycles. The summed E-state index contributed by atoms with van der Waals surface area (Å²) in [5.41, 5.74) is 0. The monoisotopic (exact) mass is 488 g/mol. The number of rotatable bonds is 0. The molecule has 1 rings (SSSR count). The third-order valence-corrected chi connectivity index (χ3v) is 0.586. The Morgan fingerprint density at radius 1 is 0.737 bits per heavy atom. The first kappa shape index (κ1) is 90.3. The molecule has 6 heteroatoms. The Morgan fingerprint density at radius 2 is 1.00 bits per heavy atom. The molecule has 1 aliphatic carbocycles. The smallest absolute Gasteiger partial charge is 0.0319 e. The molecule has 0 amide bonds. The molecule has 0 aromatic heterocycles. The molecule has 0 spiro atoms. The predicted octanol–water partition coefficient (Wildman–Crippen LogP) is 3.22. The summed E-state index contributed by atoms with van der Waals surface area (Å²) in [6, 6.07) is 0. The largest absolute Gasteiger partial charge is 0.400 e. The van der Waals surface area contributed by atoms with Crippen molar-refractivity contribution in [1.82, 2.24) is 0 Å². The fourth-order valence-corrected chi connectivity index (χ4v) is 0.340. The molecule has 0 aromatic rings. The molecule has 3 N–H and O–H groups in total. The zero-order valence-electron chi connectivity index (χ0n) is 13.6. The zero-order chi connectivity index (χ0) is 9.54. The second-order valence-corrected chi connectivity index (χ2v) is 1.00. The quantitative estimate of drug-likeness (QED) is 0.363. The minimum Gasteiger partial charge on any atom is -0.400 e. The van der Waals surface area contributed by atoms with Gasteiger partial charge in [-0.25, -0.2) is 12.2 Å². The van der Waals surface area contributed by atoms with E-state index in [-0.39, 0.29) is 87.8 Å². The SMILES string of the molecule is CO.CO.CO.Cl.Cl.[C-]1=CC=CC1.[CH3-].[CH3-].[CH3-].[CH3-].[CH3-].[Hf]. The van der Waals surface area contributed by atoms with E-state index in [1.54, 1.807) is 0 Å². The van der Waals surface area contributed by atoms with E-state index in [4.69, 9.17) is 15.3 Å². The van der Waals surface area contributed by atoms with Crippen molar-refractivity contribution in [1.29, 1.82) is 0 Å². The maximum atomic E-state index is 7.00. The molecular weight excluding hydrogens is 454 g/mol. The van der Waals surface area contributed by atoms with E-state index in [9.17, 15) is 0 Å². The summed E-state index contributed by atoms with van der Waals surface area (Å²) in [6.07, 6.45) is 10.0. The van der Waals surface area contributed by atoms with Gasteiger partial charge in [0.05, 0.1) is 0 Å².